The summed E-state index contributed by atoms with van der Waals surface area (Å²) in [6, 6.07) is 2.13. The molecule has 0 bridgehead atoms. The highest BCUT2D eigenvalue weighted by Gasteiger charge is 2.19. The average Bonchev–Trinajstić information content (AvgIpc) is 2.86. The van der Waals surface area contributed by atoms with Crippen LogP contribution in [0, 0.1) is 0 Å². The molecule has 2 heterocycles. The fourth-order valence-corrected chi connectivity index (χ4v) is 2.43. The third kappa shape index (κ3) is 2.47. The normalized spacial score (nSPS) is 20.0. The van der Waals surface area contributed by atoms with Crippen LogP contribution in [0.25, 0.3) is 0 Å². The van der Waals surface area contributed by atoms with Crippen LogP contribution in [-0.4, -0.2) is 29.6 Å². The van der Waals surface area contributed by atoms with Gasteiger partial charge in [-0.25, -0.2) is 0 Å². The van der Waals surface area contributed by atoms with E-state index >= 15 is 0 Å². The molecular weight excluding hydrogens is 270 g/mol. The predicted molar refractivity (Wildman–Crippen MR) is 66.5 cm³/mol. The lowest BCUT2D eigenvalue weighted by Gasteiger charge is -2.12. The Kier molecular flexibility index (Phi) is 3.66. The van der Waals surface area contributed by atoms with E-state index in [1.54, 1.807) is 0 Å². The first-order valence-corrected chi connectivity index (χ1v) is 6.37. The van der Waals surface area contributed by atoms with Crippen molar-refractivity contribution in [3.63, 3.8) is 0 Å². The van der Waals surface area contributed by atoms with E-state index in [1.165, 1.54) is 0 Å². The van der Waals surface area contributed by atoms with E-state index in [4.69, 9.17) is 0 Å². The minimum Gasteiger partial charge on any atom is -0.347 e. The first-order valence-electron chi connectivity index (χ1n) is 5.58. The molecule has 1 aliphatic heterocycles. The first-order chi connectivity index (χ1) is 7.70. The Morgan fingerprint density at radius 1 is 1.75 bits per heavy atom. The Hall–Kier alpha value is -0.810. The molecule has 88 valence electrons. The zero-order valence-electron chi connectivity index (χ0n) is 9.29. The van der Waals surface area contributed by atoms with Gasteiger partial charge in [0.15, 0.2) is 0 Å². The Morgan fingerprint density at radius 2 is 2.56 bits per heavy atom. The van der Waals surface area contributed by atoms with Gasteiger partial charge < -0.3 is 15.2 Å². The second-order valence-electron chi connectivity index (χ2n) is 3.99. The predicted octanol–water partition coefficient (Wildman–Crippen LogP) is 1.36. The van der Waals surface area contributed by atoms with E-state index in [1.807, 2.05) is 23.8 Å². The van der Waals surface area contributed by atoms with Crippen LogP contribution in [-0.2, 0) is 6.54 Å². The second-order valence-corrected chi connectivity index (χ2v) is 4.91. The van der Waals surface area contributed by atoms with Crippen molar-refractivity contribution < 1.29 is 4.79 Å². The molecule has 1 fully saturated rings. The van der Waals surface area contributed by atoms with Crippen LogP contribution < -0.4 is 10.6 Å². The lowest BCUT2D eigenvalue weighted by atomic mass is 10.2. The van der Waals surface area contributed by atoms with E-state index in [2.05, 4.69) is 26.6 Å². The van der Waals surface area contributed by atoms with Gasteiger partial charge in [0.05, 0.1) is 0 Å². The molecule has 0 spiro atoms. The third-order valence-electron chi connectivity index (χ3n) is 2.83. The number of nitrogens with zero attached hydrogens (tertiary/aromatic N) is 1. The Bertz CT molecular complexity index is 383. The van der Waals surface area contributed by atoms with Gasteiger partial charge in [0.1, 0.15) is 5.69 Å². The number of nitrogens with one attached hydrogen (secondary N) is 2. The van der Waals surface area contributed by atoms with Crippen LogP contribution in [0.4, 0.5) is 0 Å². The molecule has 0 saturated carbocycles. The molecule has 1 aromatic heterocycles. The van der Waals surface area contributed by atoms with Gasteiger partial charge in [-0.2, -0.15) is 0 Å². The van der Waals surface area contributed by atoms with E-state index in [9.17, 15) is 4.79 Å². The molecule has 1 amide bonds. The number of aromatic nitrogens is 1. The molecule has 5 heteroatoms. The van der Waals surface area contributed by atoms with Gasteiger partial charge in [-0.15, -0.1) is 0 Å². The number of hydrogen-bond acceptors (Lipinski definition) is 2. The summed E-state index contributed by atoms with van der Waals surface area (Å²) >= 11 is 3.39. The first kappa shape index (κ1) is 11.7. The summed E-state index contributed by atoms with van der Waals surface area (Å²) in [5.74, 6) is 0.0150. The molecule has 0 radical (unpaired) electrons. The number of rotatable bonds is 3. The second kappa shape index (κ2) is 5.01. The summed E-state index contributed by atoms with van der Waals surface area (Å²) in [5, 5.41) is 6.27. The quantitative estimate of drug-likeness (QED) is 0.881. The molecule has 2 N–H and O–H groups in total. The highest BCUT2D eigenvalue weighted by Crippen LogP contribution is 2.15. The largest absolute Gasteiger partial charge is 0.347 e. The van der Waals surface area contributed by atoms with Crippen molar-refractivity contribution in [2.45, 2.75) is 25.9 Å². The fourth-order valence-electron chi connectivity index (χ4n) is 1.96. The summed E-state index contributed by atoms with van der Waals surface area (Å²) < 4.78 is 2.89. The van der Waals surface area contributed by atoms with Gasteiger partial charge in [0.25, 0.3) is 5.91 Å². The maximum atomic E-state index is 12.0. The van der Waals surface area contributed by atoms with Gasteiger partial charge in [-0.1, -0.05) is 0 Å². The summed E-state index contributed by atoms with van der Waals surface area (Å²) in [6.45, 7) is 4.70. The van der Waals surface area contributed by atoms with E-state index < -0.39 is 0 Å². The third-order valence-corrected chi connectivity index (χ3v) is 3.27. The summed E-state index contributed by atoms with van der Waals surface area (Å²) in [6.07, 6.45) is 2.95. The molecule has 1 aromatic rings. The van der Waals surface area contributed by atoms with Gasteiger partial charge in [0, 0.05) is 29.8 Å². The van der Waals surface area contributed by atoms with Crippen molar-refractivity contribution in [3.8, 4) is 0 Å². The number of carbonyl (C=O) groups excluding carboxylic acids is 1. The number of halogens is 1. The highest BCUT2D eigenvalue weighted by atomic mass is 79.9. The van der Waals surface area contributed by atoms with Gasteiger partial charge in [0.2, 0.25) is 0 Å². The highest BCUT2D eigenvalue weighted by molar-refractivity contribution is 9.10. The zero-order chi connectivity index (χ0) is 11.5. The molecule has 4 nitrogen and oxygen atoms in total. The van der Waals surface area contributed by atoms with Crippen LogP contribution in [0.1, 0.15) is 23.8 Å². The number of carbonyl (C=O) groups is 1. The molecule has 0 aliphatic carbocycles. The SMILES string of the molecule is CCn1cc(Br)cc1C(=O)N[C@@H]1CCNC1. The smallest absolute Gasteiger partial charge is 0.268 e. The van der Waals surface area contributed by atoms with Gasteiger partial charge >= 0.3 is 0 Å². The van der Waals surface area contributed by atoms with Crippen LogP contribution in [0.2, 0.25) is 0 Å². The van der Waals surface area contributed by atoms with Crippen LogP contribution in [0.5, 0.6) is 0 Å². The lowest BCUT2D eigenvalue weighted by Crippen LogP contribution is -2.37. The van der Waals surface area contributed by atoms with Gasteiger partial charge in [-0.3, -0.25) is 4.79 Å². The number of hydrogen-bond donors (Lipinski definition) is 2. The molecule has 16 heavy (non-hydrogen) atoms. The lowest BCUT2D eigenvalue weighted by molar-refractivity contribution is 0.0931. The van der Waals surface area contributed by atoms with Gasteiger partial charge in [-0.05, 0) is 41.9 Å². The summed E-state index contributed by atoms with van der Waals surface area (Å²) in [7, 11) is 0. The van der Waals surface area contributed by atoms with Crippen molar-refractivity contribution in [2.24, 2.45) is 0 Å². The molecular formula is C11H16BrN3O. The van der Waals surface area contributed by atoms with Crippen molar-refractivity contribution in [2.75, 3.05) is 13.1 Å². The van der Waals surface area contributed by atoms with E-state index in [0.717, 1.165) is 36.2 Å². The Morgan fingerprint density at radius 3 is 3.19 bits per heavy atom. The molecule has 1 aliphatic rings. The fraction of sp³-hybridized carbons (Fsp3) is 0.545. The summed E-state index contributed by atoms with van der Waals surface area (Å²) in [4.78, 5) is 12.0. The van der Waals surface area contributed by atoms with Crippen molar-refractivity contribution in [1.82, 2.24) is 15.2 Å². The topological polar surface area (TPSA) is 46.1 Å². The maximum absolute atomic E-state index is 12.0. The minimum atomic E-state index is 0.0150. The monoisotopic (exact) mass is 285 g/mol. The Labute approximate surface area is 104 Å². The maximum Gasteiger partial charge on any atom is 0.268 e. The zero-order valence-corrected chi connectivity index (χ0v) is 10.9. The summed E-state index contributed by atoms with van der Waals surface area (Å²) in [5.41, 5.74) is 0.723. The molecule has 2 rings (SSSR count). The van der Waals surface area contributed by atoms with Crippen molar-refractivity contribution >= 4 is 21.8 Å². The van der Waals surface area contributed by atoms with Crippen LogP contribution in [0.3, 0.4) is 0 Å². The number of amides is 1. The Balaban J connectivity index is 2.07. The average molecular weight is 286 g/mol. The van der Waals surface area contributed by atoms with Crippen LogP contribution >= 0.6 is 15.9 Å². The van der Waals surface area contributed by atoms with Crippen molar-refractivity contribution in [1.29, 1.82) is 0 Å². The van der Waals surface area contributed by atoms with Crippen molar-refractivity contribution in [3.05, 3.63) is 22.4 Å². The standard InChI is InChI=1S/C11H16BrN3O/c1-2-15-7-8(12)5-10(15)11(16)14-9-3-4-13-6-9/h5,7,9,13H,2-4,6H2,1H3,(H,14,16)/t9-/m1/s1. The molecule has 1 atom stereocenters. The van der Waals surface area contributed by atoms with E-state index in [0.29, 0.717) is 0 Å². The molecule has 1 saturated heterocycles. The number of aryl methyl sites for hydroxylation is 1. The molecule has 0 aromatic carbocycles. The minimum absolute atomic E-state index is 0.0150. The van der Waals surface area contributed by atoms with Crippen LogP contribution in [0.15, 0.2) is 16.7 Å². The van der Waals surface area contributed by atoms with E-state index in [-0.39, 0.29) is 11.9 Å². The molecule has 0 unspecified atom stereocenters.